The van der Waals surface area contributed by atoms with Crippen molar-refractivity contribution in [3.05, 3.63) is 71.5 Å². The van der Waals surface area contributed by atoms with Crippen molar-refractivity contribution in [3.63, 3.8) is 0 Å². The number of carbonyl (C=O) groups excluding carboxylic acids is 1. The zero-order valence-electron chi connectivity index (χ0n) is 14.5. The van der Waals surface area contributed by atoms with E-state index in [-0.39, 0.29) is 5.91 Å². The minimum Gasteiger partial charge on any atom is -0.495 e. The summed E-state index contributed by atoms with van der Waals surface area (Å²) in [5.41, 5.74) is 3.32. The maximum atomic E-state index is 12.2. The van der Waals surface area contributed by atoms with E-state index >= 15 is 0 Å². The summed E-state index contributed by atoms with van der Waals surface area (Å²) in [7, 11) is 1.54. The van der Waals surface area contributed by atoms with E-state index in [1.807, 2.05) is 24.3 Å². The third-order valence-electron chi connectivity index (χ3n) is 4.24. The number of nitrogens with one attached hydrogen (secondary N) is 2. The molecule has 4 aromatic rings. The number of methoxy groups -OCH3 is 1. The highest BCUT2D eigenvalue weighted by atomic mass is 35.5. The molecule has 0 unspecified atom stereocenters. The Bertz CT molecular complexity index is 1180. The van der Waals surface area contributed by atoms with Gasteiger partial charge in [-0.1, -0.05) is 29.8 Å². The van der Waals surface area contributed by atoms with Crippen molar-refractivity contribution in [1.29, 1.82) is 0 Å². The first-order valence-electron chi connectivity index (χ1n) is 8.33. The SMILES string of the molecule is COc1ccc(NC(=O)/C=C/c2cc3c(cn2)[nH]c2ccccc23)cc1Cl. The number of carbonyl (C=O) groups is 1. The van der Waals surface area contributed by atoms with Crippen LogP contribution in [0.5, 0.6) is 5.75 Å². The Labute approximate surface area is 160 Å². The molecule has 2 aromatic heterocycles. The van der Waals surface area contributed by atoms with Crippen LogP contribution in [0, 0.1) is 0 Å². The third kappa shape index (κ3) is 3.50. The number of aromatic nitrogens is 2. The Morgan fingerprint density at radius 2 is 2.00 bits per heavy atom. The molecule has 4 rings (SSSR count). The van der Waals surface area contributed by atoms with E-state index in [1.165, 1.54) is 6.08 Å². The Kier molecular flexibility index (Phi) is 4.52. The van der Waals surface area contributed by atoms with Crippen molar-refractivity contribution in [2.24, 2.45) is 0 Å². The maximum Gasteiger partial charge on any atom is 0.248 e. The van der Waals surface area contributed by atoms with Gasteiger partial charge in [0, 0.05) is 28.1 Å². The van der Waals surface area contributed by atoms with Crippen molar-refractivity contribution >= 4 is 51.1 Å². The summed E-state index contributed by atoms with van der Waals surface area (Å²) in [6.07, 6.45) is 4.90. The molecule has 27 heavy (non-hydrogen) atoms. The number of anilines is 1. The van der Waals surface area contributed by atoms with Crippen LogP contribution < -0.4 is 10.1 Å². The Balaban J connectivity index is 1.54. The fourth-order valence-corrected chi connectivity index (χ4v) is 3.20. The van der Waals surface area contributed by atoms with Crippen LogP contribution in [0.1, 0.15) is 5.69 Å². The number of ether oxygens (including phenoxy) is 1. The zero-order chi connectivity index (χ0) is 18.8. The smallest absolute Gasteiger partial charge is 0.248 e. The number of halogens is 1. The molecular weight excluding hydrogens is 362 g/mol. The first kappa shape index (κ1) is 17.1. The summed E-state index contributed by atoms with van der Waals surface area (Å²) in [6.45, 7) is 0. The van der Waals surface area contributed by atoms with E-state index in [1.54, 1.807) is 37.6 Å². The molecule has 0 bridgehead atoms. The molecule has 0 saturated heterocycles. The number of hydrogen-bond acceptors (Lipinski definition) is 3. The second-order valence-corrected chi connectivity index (χ2v) is 6.40. The summed E-state index contributed by atoms with van der Waals surface area (Å²) in [5, 5.41) is 5.40. The molecule has 6 heteroatoms. The van der Waals surface area contributed by atoms with Crippen LogP contribution in [0.4, 0.5) is 5.69 Å². The quantitative estimate of drug-likeness (QED) is 0.490. The van der Waals surface area contributed by atoms with Crippen LogP contribution in [0.2, 0.25) is 5.02 Å². The maximum absolute atomic E-state index is 12.2. The van der Waals surface area contributed by atoms with Gasteiger partial charge in [-0.25, -0.2) is 0 Å². The van der Waals surface area contributed by atoms with Crippen molar-refractivity contribution in [2.45, 2.75) is 0 Å². The number of benzene rings is 2. The van der Waals surface area contributed by atoms with Crippen molar-refractivity contribution in [1.82, 2.24) is 9.97 Å². The molecule has 0 spiro atoms. The van der Waals surface area contributed by atoms with Gasteiger partial charge in [-0.2, -0.15) is 0 Å². The van der Waals surface area contributed by atoms with E-state index in [9.17, 15) is 4.79 Å². The number of fused-ring (bicyclic) bond motifs is 3. The van der Waals surface area contributed by atoms with Gasteiger partial charge in [0.15, 0.2) is 0 Å². The van der Waals surface area contributed by atoms with Gasteiger partial charge in [-0.15, -0.1) is 0 Å². The molecule has 134 valence electrons. The fraction of sp³-hybridized carbons (Fsp3) is 0.0476. The Morgan fingerprint density at radius 3 is 2.81 bits per heavy atom. The largest absolute Gasteiger partial charge is 0.495 e. The number of H-pyrrole nitrogens is 1. The standard InChI is InChI=1S/C21H16ClN3O2/c1-27-20-8-6-14(11-17(20)22)24-21(26)9-7-13-10-16-15-4-2-3-5-18(15)25-19(16)12-23-13/h2-12,25H,1H3,(H,24,26)/b9-7+. The van der Waals surface area contributed by atoms with Gasteiger partial charge in [0.25, 0.3) is 0 Å². The number of amides is 1. The van der Waals surface area contributed by atoms with Crippen molar-refractivity contribution in [2.75, 3.05) is 12.4 Å². The molecule has 5 nitrogen and oxygen atoms in total. The summed E-state index contributed by atoms with van der Waals surface area (Å²) in [5.74, 6) is 0.290. The number of para-hydroxylation sites is 1. The summed E-state index contributed by atoms with van der Waals surface area (Å²) >= 11 is 6.07. The van der Waals surface area contributed by atoms with Crippen LogP contribution in [0.25, 0.3) is 27.9 Å². The minimum atomic E-state index is -0.267. The summed E-state index contributed by atoms with van der Waals surface area (Å²) < 4.78 is 5.10. The average Bonchev–Trinajstić information content (AvgIpc) is 3.04. The average molecular weight is 378 g/mol. The molecule has 0 aliphatic carbocycles. The topological polar surface area (TPSA) is 67.0 Å². The minimum absolute atomic E-state index is 0.267. The second-order valence-electron chi connectivity index (χ2n) is 6.00. The molecule has 2 aromatic carbocycles. The van der Waals surface area contributed by atoms with E-state index in [2.05, 4.69) is 21.4 Å². The molecule has 0 atom stereocenters. The van der Waals surface area contributed by atoms with Crippen molar-refractivity contribution in [3.8, 4) is 5.75 Å². The monoisotopic (exact) mass is 377 g/mol. The third-order valence-corrected chi connectivity index (χ3v) is 4.53. The number of rotatable bonds is 4. The van der Waals surface area contributed by atoms with Gasteiger partial charge >= 0.3 is 0 Å². The zero-order valence-corrected chi connectivity index (χ0v) is 15.2. The van der Waals surface area contributed by atoms with Gasteiger partial charge < -0.3 is 15.0 Å². The number of pyridine rings is 1. The molecular formula is C21H16ClN3O2. The highest BCUT2D eigenvalue weighted by Crippen LogP contribution is 2.27. The predicted octanol–water partition coefficient (Wildman–Crippen LogP) is 5.03. The first-order chi connectivity index (χ1) is 13.1. The predicted molar refractivity (Wildman–Crippen MR) is 109 cm³/mol. The van der Waals surface area contributed by atoms with Gasteiger partial charge in [-0.05, 0) is 36.4 Å². The summed E-state index contributed by atoms with van der Waals surface area (Å²) in [6, 6.07) is 15.1. The molecule has 0 fully saturated rings. The van der Waals surface area contributed by atoms with Gasteiger partial charge in [0.2, 0.25) is 5.91 Å². The van der Waals surface area contributed by atoms with E-state index in [0.29, 0.717) is 22.2 Å². The highest BCUT2D eigenvalue weighted by Gasteiger charge is 2.06. The lowest BCUT2D eigenvalue weighted by molar-refractivity contribution is -0.111. The van der Waals surface area contributed by atoms with Crippen LogP contribution in [0.15, 0.2) is 60.8 Å². The molecule has 1 amide bonds. The number of aromatic amines is 1. The van der Waals surface area contributed by atoms with Crippen LogP contribution >= 0.6 is 11.6 Å². The van der Waals surface area contributed by atoms with Gasteiger partial charge in [0.05, 0.1) is 29.5 Å². The molecule has 0 aliphatic heterocycles. The molecule has 0 aliphatic rings. The molecule has 0 radical (unpaired) electrons. The van der Waals surface area contributed by atoms with E-state index in [4.69, 9.17) is 16.3 Å². The lowest BCUT2D eigenvalue weighted by Crippen LogP contribution is -2.07. The molecule has 2 N–H and O–H groups in total. The highest BCUT2D eigenvalue weighted by molar-refractivity contribution is 6.32. The first-order valence-corrected chi connectivity index (χ1v) is 8.71. The van der Waals surface area contributed by atoms with Crippen LogP contribution in [-0.4, -0.2) is 23.0 Å². The van der Waals surface area contributed by atoms with Crippen LogP contribution in [0.3, 0.4) is 0 Å². The lowest BCUT2D eigenvalue weighted by Gasteiger charge is -2.06. The molecule has 2 heterocycles. The number of hydrogen-bond donors (Lipinski definition) is 2. The van der Waals surface area contributed by atoms with Gasteiger partial charge in [-0.3, -0.25) is 9.78 Å². The fourth-order valence-electron chi connectivity index (χ4n) is 2.95. The second kappa shape index (κ2) is 7.13. The van der Waals surface area contributed by atoms with Crippen molar-refractivity contribution < 1.29 is 9.53 Å². The van der Waals surface area contributed by atoms with Crippen LogP contribution in [-0.2, 0) is 4.79 Å². The van der Waals surface area contributed by atoms with Gasteiger partial charge in [0.1, 0.15) is 5.75 Å². The molecule has 0 saturated carbocycles. The Hall–Kier alpha value is -3.31. The van der Waals surface area contributed by atoms with E-state index < -0.39 is 0 Å². The van der Waals surface area contributed by atoms with E-state index in [0.717, 1.165) is 21.8 Å². The number of nitrogens with zero attached hydrogens (tertiary/aromatic N) is 1. The Morgan fingerprint density at radius 1 is 1.15 bits per heavy atom. The summed E-state index contributed by atoms with van der Waals surface area (Å²) in [4.78, 5) is 19.9. The lowest BCUT2D eigenvalue weighted by atomic mass is 10.1. The normalized spacial score (nSPS) is 11.3.